The molecule has 0 aliphatic heterocycles. The molecule has 0 aromatic heterocycles. The summed E-state index contributed by atoms with van der Waals surface area (Å²) in [6, 6.07) is 12.0. The maximum absolute atomic E-state index is 13.2. The average Bonchev–Trinajstić information content (AvgIpc) is 2.43. The first-order chi connectivity index (χ1) is 9.10. The van der Waals surface area contributed by atoms with Gasteiger partial charge in [-0.05, 0) is 42.8 Å². The molecule has 0 heterocycles. The number of ether oxygens (including phenoxy) is 1. The second-order valence-corrected chi connectivity index (χ2v) is 4.67. The zero-order valence-corrected chi connectivity index (χ0v) is 11.5. The molecular weight excluding hydrogens is 265 g/mol. The zero-order chi connectivity index (χ0) is 13.8. The second kappa shape index (κ2) is 5.93. The lowest BCUT2D eigenvalue weighted by molar-refractivity contribution is 0.414. The van der Waals surface area contributed by atoms with Crippen LogP contribution < -0.4 is 10.1 Å². The van der Waals surface area contributed by atoms with E-state index in [2.05, 4.69) is 5.32 Å². The first-order valence-electron chi connectivity index (χ1n) is 5.95. The Morgan fingerprint density at radius 2 is 2.00 bits per heavy atom. The third kappa shape index (κ3) is 3.38. The van der Waals surface area contributed by atoms with Crippen LogP contribution in [0.15, 0.2) is 42.5 Å². The van der Waals surface area contributed by atoms with Crippen molar-refractivity contribution in [2.45, 2.75) is 13.0 Å². The molecule has 0 aliphatic carbocycles. The summed E-state index contributed by atoms with van der Waals surface area (Å²) < 4.78 is 18.4. The molecule has 2 rings (SSSR count). The second-order valence-electron chi connectivity index (χ2n) is 4.27. The molecule has 0 aliphatic rings. The van der Waals surface area contributed by atoms with Gasteiger partial charge in [0.25, 0.3) is 0 Å². The Kier molecular flexibility index (Phi) is 4.27. The molecule has 19 heavy (non-hydrogen) atoms. The molecule has 4 heteroatoms. The summed E-state index contributed by atoms with van der Waals surface area (Å²) in [7, 11) is 1.63. The van der Waals surface area contributed by atoms with Crippen LogP contribution >= 0.6 is 11.6 Å². The van der Waals surface area contributed by atoms with E-state index in [4.69, 9.17) is 16.3 Å². The van der Waals surface area contributed by atoms with Crippen molar-refractivity contribution in [1.29, 1.82) is 0 Å². The Morgan fingerprint density at radius 1 is 1.21 bits per heavy atom. The number of rotatable bonds is 4. The fourth-order valence-electron chi connectivity index (χ4n) is 1.84. The lowest BCUT2D eigenvalue weighted by Gasteiger charge is -2.17. The number of halogens is 2. The molecule has 0 saturated heterocycles. The Balaban J connectivity index is 2.20. The lowest BCUT2D eigenvalue weighted by atomic mass is 10.1. The Labute approximate surface area is 117 Å². The van der Waals surface area contributed by atoms with Gasteiger partial charge in [0.15, 0.2) is 0 Å². The SMILES string of the molecule is COc1cccc(C(C)Nc2cc(F)ccc2Cl)c1. The van der Waals surface area contributed by atoms with E-state index in [1.165, 1.54) is 18.2 Å². The fourth-order valence-corrected chi connectivity index (χ4v) is 2.01. The van der Waals surface area contributed by atoms with E-state index in [1.807, 2.05) is 31.2 Å². The van der Waals surface area contributed by atoms with Crippen LogP contribution in [0.1, 0.15) is 18.5 Å². The number of anilines is 1. The van der Waals surface area contributed by atoms with E-state index in [9.17, 15) is 4.39 Å². The number of methoxy groups -OCH3 is 1. The predicted octanol–water partition coefficient (Wildman–Crippen LogP) is 4.66. The highest BCUT2D eigenvalue weighted by molar-refractivity contribution is 6.33. The summed E-state index contributed by atoms with van der Waals surface area (Å²) >= 11 is 6.03. The van der Waals surface area contributed by atoms with Gasteiger partial charge in [0.2, 0.25) is 0 Å². The van der Waals surface area contributed by atoms with Gasteiger partial charge in [-0.1, -0.05) is 23.7 Å². The van der Waals surface area contributed by atoms with Crippen LogP contribution in [0.5, 0.6) is 5.75 Å². The molecule has 2 aromatic carbocycles. The molecule has 1 unspecified atom stereocenters. The number of hydrogen-bond acceptors (Lipinski definition) is 2. The zero-order valence-electron chi connectivity index (χ0n) is 10.8. The van der Waals surface area contributed by atoms with Crippen molar-refractivity contribution in [1.82, 2.24) is 0 Å². The first kappa shape index (κ1) is 13.7. The molecule has 100 valence electrons. The van der Waals surface area contributed by atoms with E-state index in [-0.39, 0.29) is 11.9 Å². The van der Waals surface area contributed by atoms with Crippen LogP contribution in [0, 0.1) is 5.82 Å². The third-order valence-corrected chi connectivity index (χ3v) is 3.22. The van der Waals surface area contributed by atoms with Crippen LogP contribution in [-0.4, -0.2) is 7.11 Å². The average molecular weight is 280 g/mol. The Bertz CT molecular complexity index is 574. The van der Waals surface area contributed by atoms with Gasteiger partial charge in [-0.25, -0.2) is 4.39 Å². The number of benzene rings is 2. The van der Waals surface area contributed by atoms with Gasteiger partial charge in [-0.3, -0.25) is 0 Å². The van der Waals surface area contributed by atoms with Crippen molar-refractivity contribution in [3.8, 4) is 5.75 Å². The molecule has 1 atom stereocenters. The van der Waals surface area contributed by atoms with Crippen molar-refractivity contribution in [2.24, 2.45) is 0 Å². The summed E-state index contributed by atoms with van der Waals surface area (Å²) in [6.45, 7) is 1.98. The normalized spacial score (nSPS) is 12.0. The van der Waals surface area contributed by atoms with Gasteiger partial charge in [-0.2, -0.15) is 0 Å². The van der Waals surface area contributed by atoms with Crippen molar-refractivity contribution < 1.29 is 9.13 Å². The topological polar surface area (TPSA) is 21.3 Å². The van der Waals surface area contributed by atoms with Crippen molar-refractivity contribution in [3.05, 3.63) is 58.9 Å². The van der Waals surface area contributed by atoms with Crippen LogP contribution in [0.2, 0.25) is 5.02 Å². The minimum atomic E-state index is -0.315. The van der Waals surface area contributed by atoms with Gasteiger partial charge < -0.3 is 10.1 Å². The van der Waals surface area contributed by atoms with Gasteiger partial charge in [-0.15, -0.1) is 0 Å². The van der Waals surface area contributed by atoms with Crippen LogP contribution in [0.25, 0.3) is 0 Å². The maximum Gasteiger partial charge on any atom is 0.125 e. The standard InChI is InChI=1S/C15H15ClFNO/c1-10(11-4-3-5-13(8-11)19-2)18-15-9-12(17)6-7-14(15)16/h3-10,18H,1-2H3. The van der Waals surface area contributed by atoms with E-state index in [0.717, 1.165) is 11.3 Å². The van der Waals surface area contributed by atoms with Crippen LogP contribution in [0.4, 0.5) is 10.1 Å². The Hall–Kier alpha value is -1.74. The van der Waals surface area contributed by atoms with Crippen LogP contribution in [0.3, 0.4) is 0 Å². The Morgan fingerprint density at radius 3 is 2.74 bits per heavy atom. The highest BCUT2D eigenvalue weighted by Crippen LogP contribution is 2.28. The summed E-state index contributed by atoms with van der Waals surface area (Å²) in [6.07, 6.45) is 0. The molecule has 2 nitrogen and oxygen atoms in total. The van der Waals surface area contributed by atoms with Gasteiger partial charge >= 0.3 is 0 Å². The molecule has 0 fully saturated rings. The first-order valence-corrected chi connectivity index (χ1v) is 6.33. The molecule has 2 aromatic rings. The van der Waals surface area contributed by atoms with Crippen molar-refractivity contribution >= 4 is 17.3 Å². The molecule has 0 bridgehead atoms. The van der Waals surface area contributed by atoms with Gasteiger partial charge in [0.1, 0.15) is 11.6 Å². The molecule has 0 spiro atoms. The smallest absolute Gasteiger partial charge is 0.125 e. The number of nitrogens with one attached hydrogen (secondary N) is 1. The molecule has 0 amide bonds. The van der Waals surface area contributed by atoms with Gasteiger partial charge in [0, 0.05) is 6.04 Å². The third-order valence-electron chi connectivity index (χ3n) is 2.89. The quantitative estimate of drug-likeness (QED) is 0.879. The van der Waals surface area contributed by atoms with E-state index < -0.39 is 0 Å². The maximum atomic E-state index is 13.2. The molecule has 0 radical (unpaired) electrons. The highest BCUT2D eigenvalue weighted by atomic mass is 35.5. The number of hydrogen-bond donors (Lipinski definition) is 1. The molecule has 0 saturated carbocycles. The summed E-state index contributed by atoms with van der Waals surface area (Å²) in [4.78, 5) is 0. The largest absolute Gasteiger partial charge is 0.497 e. The summed E-state index contributed by atoms with van der Waals surface area (Å²) in [5.74, 6) is 0.473. The van der Waals surface area contributed by atoms with E-state index in [0.29, 0.717) is 10.7 Å². The van der Waals surface area contributed by atoms with Crippen molar-refractivity contribution in [3.63, 3.8) is 0 Å². The predicted molar refractivity (Wildman–Crippen MR) is 76.4 cm³/mol. The van der Waals surface area contributed by atoms with Crippen molar-refractivity contribution in [2.75, 3.05) is 12.4 Å². The summed E-state index contributed by atoms with van der Waals surface area (Å²) in [5, 5.41) is 3.69. The van der Waals surface area contributed by atoms with E-state index in [1.54, 1.807) is 7.11 Å². The van der Waals surface area contributed by atoms with E-state index >= 15 is 0 Å². The lowest BCUT2D eigenvalue weighted by Crippen LogP contribution is -2.07. The highest BCUT2D eigenvalue weighted by Gasteiger charge is 2.09. The van der Waals surface area contributed by atoms with Gasteiger partial charge in [0.05, 0.1) is 17.8 Å². The molecular formula is C15H15ClFNO. The fraction of sp³-hybridized carbons (Fsp3) is 0.200. The minimum Gasteiger partial charge on any atom is -0.497 e. The van der Waals surface area contributed by atoms with Crippen LogP contribution in [-0.2, 0) is 0 Å². The monoisotopic (exact) mass is 279 g/mol. The summed E-state index contributed by atoms with van der Waals surface area (Å²) in [5.41, 5.74) is 1.62. The minimum absolute atomic E-state index is 0.00519. The molecule has 1 N–H and O–H groups in total.